The zero-order chi connectivity index (χ0) is 23.9. The summed E-state index contributed by atoms with van der Waals surface area (Å²) in [5.74, 6) is -2.01. The maximum absolute atomic E-state index is 12.2. The Labute approximate surface area is 187 Å². The molecule has 8 nitrogen and oxygen atoms in total. The van der Waals surface area contributed by atoms with Crippen molar-refractivity contribution in [1.29, 1.82) is 0 Å². The predicted octanol–water partition coefficient (Wildman–Crippen LogP) is 3.22. The highest BCUT2D eigenvalue weighted by Gasteiger charge is 2.16. The van der Waals surface area contributed by atoms with Crippen LogP contribution in [0.1, 0.15) is 47.8 Å². The summed E-state index contributed by atoms with van der Waals surface area (Å²) in [5, 5.41) is 7.10. The van der Waals surface area contributed by atoms with Crippen LogP contribution in [0.3, 0.4) is 0 Å². The second kappa shape index (κ2) is 10.6. The van der Waals surface area contributed by atoms with Crippen molar-refractivity contribution in [2.45, 2.75) is 40.0 Å². The molecule has 2 aromatic carbocycles. The molecule has 0 aliphatic heterocycles. The lowest BCUT2D eigenvalue weighted by Gasteiger charge is -2.19. The zero-order valence-electron chi connectivity index (χ0n) is 19.0. The van der Waals surface area contributed by atoms with Crippen molar-refractivity contribution < 1.29 is 23.9 Å². The van der Waals surface area contributed by atoms with Gasteiger partial charge in [-0.05, 0) is 54.2 Å². The Balaban J connectivity index is 1.74. The van der Waals surface area contributed by atoms with E-state index in [0.29, 0.717) is 11.3 Å². The molecular weight excluding hydrogens is 410 g/mol. The molecule has 0 aromatic heterocycles. The van der Waals surface area contributed by atoms with E-state index in [-0.39, 0.29) is 5.41 Å². The van der Waals surface area contributed by atoms with Crippen LogP contribution in [-0.2, 0) is 19.7 Å². The summed E-state index contributed by atoms with van der Waals surface area (Å²) in [6.45, 7) is 8.92. The maximum Gasteiger partial charge on any atom is 0.325 e. The molecule has 0 aliphatic rings. The third-order valence-corrected chi connectivity index (χ3v) is 4.88. The number of ether oxygens (including phenoxy) is 1. The molecule has 0 aliphatic carbocycles. The van der Waals surface area contributed by atoms with Crippen LogP contribution in [0.4, 0.5) is 10.5 Å². The molecule has 0 atom stereocenters. The van der Waals surface area contributed by atoms with Crippen LogP contribution in [0.2, 0.25) is 0 Å². The highest BCUT2D eigenvalue weighted by atomic mass is 16.5. The number of carbonyl (C=O) groups excluding carboxylic acids is 4. The Morgan fingerprint density at radius 2 is 1.59 bits per heavy atom. The number of esters is 1. The first-order chi connectivity index (χ1) is 15.0. The summed E-state index contributed by atoms with van der Waals surface area (Å²) in [7, 11) is 0. The number of nitrogens with one attached hydrogen (secondary N) is 3. The predicted molar refractivity (Wildman–Crippen MR) is 122 cm³/mol. The van der Waals surface area contributed by atoms with Crippen LogP contribution < -0.4 is 16.0 Å². The minimum atomic E-state index is -0.797. The van der Waals surface area contributed by atoms with Crippen LogP contribution >= 0.6 is 0 Å². The van der Waals surface area contributed by atoms with E-state index in [4.69, 9.17) is 4.74 Å². The molecule has 2 rings (SSSR count). The Kier molecular flexibility index (Phi) is 8.12. The van der Waals surface area contributed by atoms with E-state index in [1.807, 2.05) is 32.0 Å². The molecular formula is C24H29N3O5. The number of amides is 4. The van der Waals surface area contributed by atoms with E-state index in [1.54, 1.807) is 24.3 Å². The molecule has 0 unspecified atom stereocenters. The SMILES string of the molecule is Cc1cccc(NC(=O)NC(=O)COC(=O)CNC(=O)c2ccc(C(C)(C)C)cc2)c1C. The summed E-state index contributed by atoms with van der Waals surface area (Å²) < 4.78 is 4.80. The van der Waals surface area contributed by atoms with Crippen molar-refractivity contribution in [3.63, 3.8) is 0 Å². The van der Waals surface area contributed by atoms with E-state index in [1.165, 1.54) is 0 Å². The summed E-state index contributed by atoms with van der Waals surface area (Å²) >= 11 is 0. The molecule has 0 heterocycles. The van der Waals surface area contributed by atoms with Gasteiger partial charge in [0.25, 0.3) is 11.8 Å². The van der Waals surface area contributed by atoms with E-state index in [2.05, 4.69) is 36.7 Å². The van der Waals surface area contributed by atoms with Crippen LogP contribution in [0.25, 0.3) is 0 Å². The summed E-state index contributed by atoms with van der Waals surface area (Å²) in [5.41, 5.74) is 3.91. The number of benzene rings is 2. The molecule has 32 heavy (non-hydrogen) atoms. The first kappa shape index (κ1) is 24.6. The van der Waals surface area contributed by atoms with Crippen LogP contribution in [0.5, 0.6) is 0 Å². The molecule has 170 valence electrons. The normalized spacial score (nSPS) is 10.8. The molecule has 8 heteroatoms. The highest BCUT2D eigenvalue weighted by molar-refractivity contribution is 6.02. The molecule has 3 N–H and O–H groups in total. The van der Waals surface area contributed by atoms with Gasteiger partial charge in [0.15, 0.2) is 6.61 Å². The van der Waals surface area contributed by atoms with Gasteiger partial charge in [0.05, 0.1) is 0 Å². The number of imide groups is 1. The third-order valence-electron chi connectivity index (χ3n) is 4.88. The fourth-order valence-corrected chi connectivity index (χ4v) is 2.78. The summed E-state index contributed by atoms with van der Waals surface area (Å²) in [6.07, 6.45) is 0. The van der Waals surface area contributed by atoms with E-state index in [0.717, 1.165) is 16.7 Å². The maximum atomic E-state index is 12.2. The average Bonchev–Trinajstić information content (AvgIpc) is 2.73. The molecule has 0 saturated heterocycles. The molecule has 0 spiro atoms. The molecule has 0 radical (unpaired) electrons. The van der Waals surface area contributed by atoms with Gasteiger partial charge in [-0.15, -0.1) is 0 Å². The van der Waals surface area contributed by atoms with Gasteiger partial charge in [0, 0.05) is 11.3 Å². The molecule has 4 amide bonds. The quantitative estimate of drug-likeness (QED) is 0.598. The minimum Gasteiger partial charge on any atom is -0.454 e. The van der Waals surface area contributed by atoms with E-state index < -0.39 is 37.0 Å². The average molecular weight is 440 g/mol. The van der Waals surface area contributed by atoms with Gasteiger partial charge < -0.3 is 15.4 Å². The highest BCUT2D eigenvalue weighted by Crippen LogP contribution is 2.22. The summed E-state index contributed by atoms with van der Waals surface area (Å²) in [4.78, 5) is 47.8. The van der Waals surface area contributed by atoms with Crippen LogP contribution in [0, 0.1) is 13.8 Å². The van der Waals surface area contributed by atoms with Crippen molar-refractivity contribution in [1.82, 2.24) is 10.6 Å². The van der Waals surface area contributed by atoms with Crippen molar-refractivity contribution >= 4 is 29.5 Å². The van der Waals surface area contributed by atoms with Gasteiger partial charge in [0.1, 0.15) is 6.54 Å². The number of rotatable bonds is 6. The van der Waals surface area contributed by atoms with Gasteiger partial charge in [-0.2, -0.15) is 0 Å². The van der Waals surface area contributed by atoms with Crippen molar-refractivity contribution in [3.8, 4) is 0 Å². The first-order valence-electron chi connectivity index (χ1n) is 10.2. The molecule has 0 bridgehead atoms. The lowest BCUT2D eigenvalue weighted by atomic mass is 9.87. The van der Waals surface area contributed by atoms with Gasteiger partial charge in [-0.1, -0.05) is 45.0 Å². The second-order valence-corrected chi connectivity index (χ2v) is 8.42. The van der Waals surface area contributed by atoms with Crippen molar-refractivity contribution in [2.75, 3.05) is 18.5 Å². The smallest absolute Gasteiger partial charge is 0.325 e. The Morgan fingerprint density at radius 3 is 2.22 bits per heavy atom. The van der Waals surface area contributed by atoms with Gasteiger partial charge >= 0.3 is 12.0 Å². The molecule has 0 saturated carbocycles. The molecule has 0 fully saturated rings. The monoisotopic (exact) mass is 439 g/mol. The standard InChI is InChI=1S/C24H29N3O5/c1-15-7-6-8-19(16(15)2)26-23(31)27-20(28)14-32-21(29)13-25-22(30)17-9-11-18(12-10-17)24(3,4)5/h6-12H,13-14H2,1-5H3,(H,25,30)(H2,26,27,28,31). The number of anilines is 1. The minimum absolute atomic E-state index is 0.0326. The lowest BCUT2D eigenvalue weighted by Crippen LogP contribution is -2.38. The number of hydrogen-bond acceptors (Lipinski definition) is 5. The van der Waals surface area contributed by atoms with Crippen molar-refractivity contribution in [3.05, 3.63) is 64.7 Å². The number of urea groups is 1. The topological polar surface area (TPSA) is 114 Å². The van der Waals surface area contributed by atoms with Crippen LogP contribution in [-0.4, -0.2) is 37.0 Å². The van der Waals surface area contributed by atoms with E-state index in [9.17, 15) is 19.2 Å². The fraction of sp³-hybridized carbons (Fsp3) is 0.333. The summed E-state index contributed by atoms with van der Waals surface area (Å²) in [6, 6.07) is 11.8. The van der Waals surface area contributed by atoms with Crippen LogP contribution in [0.15, 0.2) is 42.5 Å². The lowest BCUT2D eigenvalue weighted by molar-refractivity contribution is -0.147. The van der Waals surface area contributed by atoms with Gasteiger partial charge in [-0.25, -0.2) is 4.79 Å². The largest absolute Gasteiger partial charge is 0.454 e. The van der Waals surface area contributed by atoms with Gasteiger partial charge in [0.2, 0.25) is 0 Å². The van der Waals surface area contributed by atoms with E-state index >= 15 is 0 Å². The number of carbonyl (C=O) groups is 4. The number of hydrogen-bond donors (Lipinski definition) is 3. The second-order valence-electron chi connectivity index (χ2n) is 8.42. The first-order valence-corrected chi connectivity index (χ1v) is 10.2. The Bertz CT molecular complexity index is 1010. The van der Waals surface area contributed by atoms with Gasteiger partial charge in [-0.3, -0.25) is 19.7 Å². The zero-order valence-corrected chi connectivity index (χ0v) is 19.0. The fourth-order valence-electron chi connectivity index (χ4n) is 2.78. The Morgan fingerprint density at radius 1 is 0.938 bits per heavy atom. The molecule has 2 aromatic rings. The number of aryl methyl sites for hydroxylation is 1. The van der Waals surface area contributed by atoms with Crippen molar-refractivity contribution in [2.24, 2.45) is 0 Å². The third kappa shape index (κ3) is 7.23. The Hall–Kier alpha value is -3.68.